The number of rotatable bonds is 5. The van der Waals surface area contributed by atoms with Gasteiger partial charge in [-0.15, -0.1) is 0 Å². The summed E-state index contributed by atoms with van der Waals surface area (Å²) in [6.07, 6.45) is 15.0. The van der Waals surface area contributed by atoms with Crippen molar-refractivity contribution in [1.82, 2.24) is 0 Å². The highest BCUT2D eigenvalue weighted by Crippen LogP contribution is 2.61. The lowest BCUT2D eigenvalue weighted by Crippen LogP contribution is -2.63. The molecule has 0 aromatic heterocycles. The molecule has 2 aliphatic carbocycles. The molecule has 27 heavy (non-hydrogen) atoms. The summed E-state index contributed by atoms with van der Waals surface area (Å²) in [7, 11) is 0. The third-order valence-corrected chi connectivity index (χ3v) is 6.44. The molecule has 0 aromatic rings. The molecule has 4 heteroatoms. The molecule has 1 N–H and O–H groups in total. The Morgan fingerprint density at radius 2 is 1.85 bits per heavy atom. The number of aldehydes is 1. The molecule has 0 unspecified atom stereocenters. The Kier molecular flexibility index (Phi) is 6.31. The molecule has 0 saturated heterocycles. The van der Waals surface area contributed by atoms with Crippen molar-refractivity contribution >= 4 is 12.3 Å². The molecule has 148 valence electrons. The van der Waals surface area contributed by atoms with Crippen molar-refractivity contribution in [1.29, 1.82) is 0 Å². The van der Waals surface area contributed by atoms with Gasteiger partial charge in [-0.3, -0.25) is 4.79 Å². The summed E-state index contributed by atoms with van der Waals surface area (Å²) in [6, 6.07) is 0. The van der Waals surface area contributed by atoms with Gasteiger partial charge >= 0.3 is 5.97 Å². The van der Waals surface area contributed by atoms with Crippen LogP contribution < -0.4 is 0 Å². The van der Waals surface area contributed by atoms with E-state index in [1.54, 1.807) is 25.2 Å². The molecule has 0 amide bonds. The largest absolute Gasteiger partial charge is 0.455 e. The van der Waals surface area contributed by atoms with Gasteiger partial charge in [0, 0.05) is 17.4 Å². The quantitative estimate of drug-likeness (QED) is 0.257. The zero-order valence-corrected chi connectivity index (χ0v) is 17.1. The van der Waals surface area contributed by atoms with E-state index in [-0.39, 0.29) is 11.3 Å². The molecule has 4 atom stereocenters. The van der Waals surface area contributed by atoms with Gasteiger partial charge in [-0.2, -0.15) is 0 Å². The first-order valence-electron chi connectivity index (χ1n) is 9.66. The summed E-state index contributed by atoms with van der Waals surface area (Å²) >= 11 is 0. The first kappa shape index (κ1) is 21.4. The van der Waals surface area contributed by atoms with E-state index in [1.807, 2.05) is 32.1 Å². The van der Waals surface area contributed by atoms with Gasteiger partial charge in [-0.05, 0) is 43.8 Å². The number of hydrogen-bond donors (Lipinski definition) is 1. The normalized spacial score (nSPS) is 36.0. The molecule has 1 fully saturated rings. The van der Waals surface area contributed by atoms with Crippen LogP contribution in [0.5, 0.6) is 0 Å². The number of carbonyl (C=O) groups is 2. The molecule has 0 bridgehead atoms. The van der Waals surface area contributed by atoms with E-state index in [0.29, 0.717) is 11.9 Å². The van der Waals surface area contributed by atoms with Crippen LogP contribution in [-0.4, -0.2) is 29.1 Å². The van der Waals surface area contributed by atoms with E-state index < -0.39 is 23.1 Å². The lowest BCUT2D eigenvalue weighted by molar-refractivity contribution is -0.184. The van der Waals surface area contributed by atoms with Gasteiger partial charge in [-0.25, -0.2) is 4.79 Å². The molecule has 0 heterocycles. The second-order valence-corrected chi connectivity index (χ2v) is 8.64. The summed E-state index contributed by atoms with van der Waals surface area (Å²) in [4.78, 5) is 24.2. The van der Waals surface area contributed by atoms with E-state index >= 15 is 0 Å². The zero-order valence-electron chi connectivity index (χ0n) is 17.1. The van der Waals surface area contributed by atoms with E-state index in [1.165, 1.54) is 6.08 Å². The second-order valence-electron chi connectivity index (χ2n) is 8.64. The fourth-order valence-corrected chi connectivity index (χ4v) is 5.12. The smallest absolute Gasteiger partial charge is 0.331 e. The van der Waals surface area contributed by atoms with Crippen LogP contribution in [0.15, 0.2) is 48.1 Å². The van der Waals surface area contributed by atoms with Crippen LogP contribution >= 0.6 is 0 Å². The number of carbonyl (C=O) groups excluding carboxylic acids is 2. The van der Waals surface area contributed by atoms with Crippen LogP contribution in [0.2, 0.25) is 0 Å². The van der Waals surface area contributed by atoms with Crippen molar-refractivity contribution in [3.8, 4) is 0 Å². The summed E-state index contributed by atoms with van der Waals surface area (Å²) in [5, 5.41) is 11.2. The van der Waals surface area contributed by atoms with Crippen molar-refractivity contribution in [3.05, 3.63) is 48.1 Å². The molecular weight excluding hydrogens is 340 g/mol. The third-order valence-electron chi connectivity index (χ3n) is 6.44. The van der Waals surface area contributed by atoms with Crippen LogP contribution in [0.4, 0.5) is 0 Å². The fraction of sp³-hybridized carbons (Fsp3) is 0.565. The standard InChI is InChI=1S/C23H32O4/c1-6-7-8-9-10-12-19(25)27-18-15-17(2)23(26,16-24)22(5)14-11-13-21(3,4)20(18)22/h6-10,12,15-16,18,20,26H,11,13-14H2,1-5H3/b7-6+,9-8+,12-10+/t18-,20-,22-,23+/m0/s1. The van der Waals surface area contributed by atoms with Gasteiger partial charge in [0.2, 0.25) is 0 Å². The summed E-state index contributed by atoms with van der Waals surface area (Å²) in [5.74, 6) is -0.567. The summed E-state index contributed by atoms with van der Waals surface area (Å²) in [6.45, 7) is 9.88. The van der Waals surface area contributed by atoms with Gasteiger partial charge in [0.25, 0.3) is 0 Å². The van der Waals surface area contributed by atoms with Crippen LogP contribution in [0.25, 0.3) is 0 Å². The SMILES string of the molecule is C/C=C/C=C/C=C/C(=O)O[C@H]1C=C(C)[C@](O)(C=O)[C@@]2(C)CCCC(C)(C)[C@H]12. The lowest BCUT2D eigenvalue weighted by Gasteiger charge is -2.60. The van der Waals surface area contributed by atoms with Gasteiger partial charge in [0.15, 0.2) is 6.29 Å². The maximum absolute atomic E-state index is 12.3. The monoisotopic (exact) mass is 372 g/mol. The minimum absolute atomic E-state index is 0.145. The van der Waals surface area contributed by atoms with E-state index in [2.05, 4.69) is 13.8 Å². The summed E-state index contributed by atoms with van der Waals surface area (Å²) < 4.78 is 5.80. The van der Waals surface area contributed by atoms with Gasteiger partial charge in [0.05, 0.1) is 0 Å². The van der Waals surface area contributed by atoms with Crippen LogP contribution in [-0.2, 0) is 14.3 Å². The van der Waals surface area contributed by atoms with Crippen LogP contribution in [0, 0.1) is 16.7 Å². The Morgan fingerprint density at radius 3 is 2.48 bits per heavy atom. The fourth-order valence-electron chi connectivity index (χ4n) is 5.12. The molecule has 4 nitrogen and oxygen atoms in total. The average molecular weight is 373 g/mol. The highest BCUT2D eigenvalue weighted by Gasteiger charge is 2.63. The van der Waals surface area contributed by atoms with Crippen molar-refractivity contribution < 1.29 is 19.4 Å². The Bertz CT molecular complexity index is 697. The molecule has 0 radical (unpaired) electrons. The topological polar surface area (TPSA) is 63.6 Å². The predicted octanol–water partition coefficient (Wildman–Crippen LogP) is 4.31. The highest BCUT2D eigenvalue weighted by molar-refractivity contribution is 5.82. The third kappa shape index (κ3) is 3.86. The van der Waals surface area contributed by atoms with Crippen molar-refractivity contribution in [2.24, 2.45) is 16.7 Å². The number of aliphatic hydroxyl groups is 1. The molecule has 2 aliphatic rings. The molecule has 0 aromatic carbocycles. The maximum atomic E-state index is 12.3. The Balaban J connectivity index is 2.35. The number of hydrogen-bond acceptors (Lipinski definition) is 4. The number of allylic oxidation sites excluding steroid dienone is 5. The summed E-state index contributed by atoms with van der Waals surface area (Å²) in [5.41, 5.74) is -1.80. The number of esters is 1. The molecular formula is C23H32O4. The average Bonchev–Trinajstić information content (AvgIpc) is 2.58. The van der Waals surface area contributed by atoms with E-state index in [9.17, 15) is 14.7 Å². The van der Waals surface area contributed by atoms with Gasteiger partial charge in [-0.1, -0.05) is 57.6 Å². The molecule has 1 saturated carbocycles. The first-order chi connectivity index (χ1) is 12.6. The van der Waals surface area contributed by atoms with E-state index in [0.717, 1.165) is 19.3 Å². The van der Waals surface area contributed by atoms with Crippen molar-refractivity contribution in [3.63, 3.8) is 0 Å². The maximum Gasteiger partial charge on any atom is 0.331 e. The number of ether oxygens (including phenoxy) is 1. The number of fused-ring (bicyclic) bond motifs is 1. The lowest BCUT2D eigenvalue weighted by atomic mass is 9.46. The predicted molar refractivity (Wildman–Crippen MR) is 107 cm³/mol. The van der Waals surface area contributed by atoms with Crippen LogP contribution in [0.1, 0.15) is 53.9 Å². The van der Waals surface area contributed by atoms with E-state index in [4.69, 9.17) is 4.74 Å². The minimum atomic E-state index is -1.52. The molecule has 2 rings (SSSR count). The van der Waals surface area contributed by atoms with Gasteiger partial charge < -0.3 is 9.84 Å². The Labute approximate surface area is 162 Å². The second kappa shape index (κ2) is 7.97. The molecule has 0 spiro atoms. The van der Waals surface area contributed by atoms with Gasteiger partial charge in [0.1, 0.15) is 11.7 Å². The van der Waals surface area contributed by atoms with Crippen molar-refractivity contribution in [2.45, 2.75) is 65.6 Å². The Hall–Kier alpha value is -1.94. The van der Waals surface area contributed by atoms with Crippen molar-refractivity contribution in [2.75, 3.05) is 0 Å². The first-order valence-corrected chi connectivity index (χ1v) is 9.66. The highest BCUT2D eigenvalue weighted by atomic mass is 16.5. The molecule has 0 aliphatic heterocycles. The zero-order chi connectivity index (χ0) is 20.3. The minimum Gasteiger partial charge on any atom is -0.455 e. The van der Waals surface area contributed by atoms with Crippen LogP contribution in [0.3, 0.4) is 0 Å². The Morgan fingerprint density at radius 1 is 1.19 bits per heavy atom.